The summed E-state index contributed by atoms with van der Waals surface area (Å²) in [4.78, 5) is 0. The Balaban J connectivity index is 3.13. The summed E-state index contributed by atoms with van der Waals surface area (Å²) < 4.78 is 0. The number of nitrogens with zero attached hydrogens (tertiary/aromatic N) is 2. The highest BCUT2D eigenvalue weighted by Gasteiger charge is 2.09. The predicted molar refractivity (Wildman–Crippen MR) is 76.7 cm³/mol. The molecule has 0 radical (unpaired) electrons. The Morgan fingerprint density at radius 1 is 1.00 bits per heavy atom. The summed E-state index contributed by atoms with van der Waals surface area (Å²) in [6.07, 6.45) is 2.92. The van der Waals surface area contributed by atoms with Crippen LogP contribution in [0.15, 0.2) is 22.3 Å². The summed E-state index contributed by atoms with van der Waals surface area (Å²) >= 11 is 0. The lowest BCUT2D eigenvalue weighted by Gasteiger charge is -2.00. The van der Waals surface area contributed by atoms with Crippen molar-refractivity contribution in [3.05, 3.63) is 28.8 Å². The van der Waals surface area contributed by atoms with Gasteiger partial charge in [-0.05, 0) is 24.6 Å². The Morgan fingerprint density at radius 3 is 1.75 bits per heavy atom. The molecule has 1 aromatic rings. The number of phenolic OH excluding ortho intramolecular Hbond substituents is 1. The zero-order valence-electron chi connectivity index (χ0n) is 11.0. The highest BCUT2D eigenvalue weighted by molar-refractivity contribution is 5.89. The number of phenols is 1. The quantitative estimate of drug-likeness (QED) is 0.165. The highest BCUT2D eigenvalue weighted by atomic mass is 16.3. The van der Waals surface area contributed by atoms with Gasteiger partial charge in [0, 0.05) is 10.2 Å². The largest absolute Gasteiger partial charge is 0.506 e. The summed E-state index contributed by atoms with van der Waals surface area (Å²) in [6.45, 7) is 1.87. The lowest BCUT2D eigenvalue weighted by molar-refractivity contribution is -0.456. The van der Waals surface area contributed by atoms with E-state index in [0.717, 1.165) is 5.56 Å². The maximum absolute atomic E-state index is 10.1. The van der Waals surface area contributed by atoms with E-state index in [9.17, 15) is 5.11 Å². The Hall–Kier alpha value is -3.10. The van der Waals surface area contributed by atoms with E-state index in [-0.39, 0.29) is 17.7 Å². The number of hydrogen-bond donors (Lipinski definition) is 7. The fraction of sp³-hybridized carbons (Fsp3) is 0.0909. The van der Waals surface area contributed by atoms with Crippen LogP contribution in [0, 0.1) is 6.92 Å². The van der Waals surface area contributed by atoms with Gasteiger partial charge in [-0.1, -0.05) is 0 Å². The number of guanidine groups is 2. The zero-order valence-corrected chi connectivity index (χ0v) is 11.0. The van der Waals surface area contributed by atoms with Crippen molar-refractivity contribution in [2.45, 2.75) is 6.92 Å². The smallest absolute Gasteiger partial charge is 0.256 e. The molecule has 0 bridgehead atoms. The zero-order chi connectivity index (χ0) is 15.1. The second-order valence-electron chi connectivity index (χ2n) is 3.91. The van der Waals surface area contributed by atoms with Crippen LogP contribution in [-0.2, 0) is 0 Å². The summed E-state index contributed by atoms with van der Waals surface area (Å²) in [7, 11) is 0. The molecule has 0 heterocycles. The molecule has 0 saturated carbocycles. The van der Waals surface area contributed by atoms with Gasteiger partial charge in [-0.2, -0.15) is 0 Å². The lowest BCUT2D eigenvalue weighted by Crippen LogP contribution is -2.64. The molecule has 0 fully saturated rings. The van der Waals surface area contributed by atoms with Gasteiger partial charge in [-0.25, -0.2) is 0 Å². The first-order valence-electron chi connectivity index (χ1n) is 5.58. The van der Waals surface area contributed by atoms with Gasteiger partial charge in [-0.3, -0.25) is 0 Å². The summed E-state index contributed by atoms with van der Waals surface area (Å²) in [6, 6.07) is 3.50. The van der Waals surface area contributed by atoms with Crippen LogP contribution in [0.25, 0.3) is 0 Å². The summed E-state index contributed by atoms with van der Waals surface area (Å²) in [5.41, 5.74) is 22.6. The molecule has 9 nitrogen and oxygen atoms in total. The predicted octanol–water partition coefficient (Wildman–Crippen LogP) is -4.92. The molecule has 0 spiro atoms. The van der Waals surface area contributed by atoms with Crippen molar-refractivity contribution >= 4 is 24.3 Å². The third kappa shape index (κ3) is 4.64. The maximum atomic E-state index is 10.1. The number of nitrogens with one attached hydrogen (secondary N) is 2. The molecule has 1 aromatic carbocycles. The molecular weight excluding hydrogens is 260 g/mol. The minimum atomic E-state index is -0.116. The van der Waals surface area contributed by atoms with Gasteiger partial charge in [-0.15, -0.1) is 10.2 Å². The minimum Gasteiger partial charge on any atom is -0.506 e. The molecule has 20 heavy (non-hydrogen) atoms. The van der Waals surface area contributed by atoms with Gasteiger partial charge in [0.2, 0.25) is 12.4 Å². The fourth-order valence-corrected chi connectivity index (χ4v) is 1.41. The average molecular weight is 278 g/mol. The van der Waals surface area contributed by atoms with Crippen molar-refractivity contribution in [2.24, 2.45) is 33.1 Å². The third-order valence-electron chi connectivity index (χ3n) is 2.14. The van der Waals surface area contributed by atoms with Crippen LogP contribution in [0.4, 0.5) is 0 Å². The number of hydrogen-bond acceptors (Lipinski definition) is 3. The van der Waals surface area contributed by atoms with E-state index in [2.05, 4.69) is 20.4 Å². The van der Waals surface area contributed by atoms with E-state index in [0.29, 0.717) is 11.1 Å². The number of aromatic hydroxyl groups is 1. The van der Waals surface area contributed by atoms with Gasteiger partial charge in [0.1, 0.15) is 5.75 Å². The summed E-state index contributed by atoms with van der Waals surface area (Å²) in [5, 5.41) is 22.3. The van der Waals surface area contributed by atoms with Crippen molar-refractivity contribution < 1.29 is 15.3 Å². The van der Waals surface area contributed by atoms with E-state index >= 15 is 0 Å². The van der Waals surface area contributed by atoms with E-state index in [1.807, 2.05) is 6.92 Å². The van der Waals surface area contributed by atoms with Crippen molar-refractivity contribution in [1.29, 1.82) is 0 Å². The Labute approximate surface area is 115 Å². The molecule has 0 aliphatic rings. The molecule has 0 aliphatic heterocycles. The van der Waals surface area contributed by atoms with Gasteiger partial charge in [0.05, 0.1) is 11.1 Å². The maximum Gasteiger partial charge on any atom is 0.256 e. The van der Waals surface area contributed by atoms with Crippen molar-refractivity contribution in [3.63, 3.8) is 0 Å². The topological polar surface area (TPSA) is 177 Å². The molecule has 0 amide bonds. The number of rotatable bonds is 4. The molecule has 106 valence electrons. The highest BCUT2D eigenvalue weighted by Crippen LogP contribution is 2.20. The van der Waals surface area contributed by atoms with Crippen LogP contribution in [0.3, 0.4) is 0 Å². The standard InChI is InChI=1S/C11H16N8O/c1-6-2-7(4-16-18-10(12)13)9(20)8(3-6)5-17-19-11(14)15/h2-5,20H,1H3,(H4,12,13,18)(H4,14,15,19)/p+2. The van der Waals surface area contributed by atoms with E-state index in [1.165, 1.54) is 12.4 Å². The molecular formula is C11H18N8O+2. The Kier molecular flexibility index (Phi) is 5.03. The van der Waals surface area contributed by atoms with Crippen molar-refractivity contribution in [2.75, 3.05) is 0 Å². The minimum absolute atomic E-state index is 0.0205. The molecule has 0 aromatic heterocycles. The molecule has 0 saturated heterocycles. The first-order chi connectivity index (χ1) is 9.40. The molecule has 11 N–H and O–H groups in total. The van der Waals surface area contributed by atoms with Crippen LogP contribution < -0.4 is 33.1 Å². The molecule has 9 heteroatoms. The van der Waals surface area contributed by atoms with Crippen molar-refractivity contribution in [1.82, 2.24) is 0 Å². The lowest BCUT2D eigenvalue weighted by atomic mass is 10.1. The Morgan fingerprint density at radius 2 is 1.40 bits per heavy atom. The summed E-state index contributed by atoms with van der Waals surface area (Å²) in [5.74, 6) is -0.212. The second kappa shape index (κ2) is 6.73. The SMILES string of the molecule is Cc1cc(C=[NH+]N=C(N)N)c(O)c(C=[NH+]N=C(N)N)c1. The monoisotopic (exact) mass is 278 g/mol. The van der Waals surface area contributed by atoms with Gasteiger partial charge >= 0.3 is 0 Å². The van der Waals surface area contributed by atoms with Crippen LogP contribution in [-0.4, -0.2) is 29.5 Å². The number of nitrogens with two attached hydrogens (primary N) is 4. The molecule has 0 aliphatic carbocycles. The van der Waals surface area contributed by atoms with Crippen LogP contribution in [0.1, 0.15) is 16.7 Å². The second-order valence-corrected chi connectivity index (χ2v) is 3.91. The molecule has 1 rings (SSSR count). The van der Waals surface area contributed by atoms with Crippen molar-refractivity contribution in [3.8, 4) is 5.75 Å². The van der Waals surface area contributed by atoms with Crippen LogP contribution in [0.5, 0.6) is 5.75 Å². The first-order valence-corrected chi connectivity index (χ1v) is 5.58. The van der Waals surface area contributed by atoms with E-state index < -0.39 is 0 Å². The Bertz CT molecular complexity index is 545. The number of hydrazone groups is 2. The third-order valence-corrected chi connectivity index (χ3v) is 2.14. The van der Waals surface area contributed by atoms with E-state index in [1.54, 1.807) is 12.1 Å². The van der Waals surface area contributed by atoms with Gasteiger partial charge < -0.3 is 28.0 Å². The molecule has 0 atom stereocenters. The number of aryl methyl sites for hydroxylation is 1. The average Bonchev–Trinajstić information content (AvgIpc) is 2.33. The number of benzene rings is 1. The van der Waals surface area contributed by atoms with Gasteiger partial charge in [0.25, 0.3) is 11.9 Å². The van der Waals surface area contributed by atoms with E-state index in [4.69, 9.17) is 22.9 Å². The van der Waals surface area contributed by atoms with Gasteiger partial charge in [0.15, 0.2) is 0 Å². The normalized spacial score (nSPS) is 10.8. The fourth-order valence-electron chi connectivity index (χ4n) is 1.41. The van der Waals surface area contributed by atoms with Crippen LogP contribution in [0.2, 0.25) is 0 Å². The first kappa shape index (κ1) is 15.0. The van der Waals surface area contributed by atoms with Crippen LogP contribution >= 0.6 is 0 Å². The molecule has 0 unspecified atom stereocenters.